The Morgan fingerprint density at radius 1 is 1.24 bits per heavy atom. The van der Waals surface area contributed by atoms with E-state index in [0.717, 1.165) is 32.1 Å². The summed E-state index contributed by atoms with van der Waals surface area (Å²) in [6, 6.07) is -0.176. The highest BCUT2D eigenvalue weighted by Crippen LogP contribution is 2.35. The summed E-state index contributed by atoms with van der Waals surface area (Å²) in [7, 11) is -1.84. The van der Waals surface area contributed by atoms with Gasteiger partial charge in [-0.3, -0.25) is 4.79 Å². The molecule has 1 aliphatic carbocycles. The molecule has 1 saturated heterocycles. The Hall–Kier alpha value is -1.21. The summed E-state index contributed by atoms with van der Waals surface area (Å²) in [5.74, 6) is 0.106. The number of Topliss-reactive ketones (excluding diaryl/α,β-unsaturated/α-hetero) is 1. The molecule has 1 aromatic heterocycles. The van der Waals surface area contributed by atoms with Gasteiger partial charge in [0.05, 0.1) is 6.33 Å². The summed E-state index contributed by atoms with van der Waals surface area (Å²) < 4.78 is 28.6. The summed E-state index contributed by atoms with van der Waals surface area (Å²) in [5, 5.41) is 0.0835. The number of aryl methyl sites for hydroxylation is 1. The molecule has 0 N–H and O–H groups in total. The summed E-state index contributed by atoms with van der Waals surface area (Å²) in [4.78, 5) is 16.1. The van der Waals surface area contributed by atoms with Crippen LogP contribution in [-0.2, 0) is 21.9 Å². The van der Waals surface area contributed by atoms with Gasteiger partial charge in [0.25, 0.3) is 10.0 Å². The Kier molecular flexibility index (Phi) is 3.88. The summed E-state index contributed by atoms with van der Waals surface area (Å²) in [6.45, 7) is 0.493. The van der Waals surface area contributed by atoms with Gasteiger partial charge in [-0.15, -0.1) is 0 Å². The average molecular weight is 311 g/mol. The monoisotopic (exact) mass is 311 g/mol. The number of carbonyl (C=O) groups excluding carboxylic acids is 1. The van der Waals surface area contributed by atoms with Crippen LogP contribution in [-0.4, -0.2) is 40.6 Å². The van der Waals surface area contributed by atoms with Crippen molar-refractivity contribution in [2.75, 3.05) is 6.54 Å². The lowest BCUT2D eigenvalue weighted by molar-refractivity contribution is -0.126. The number of imidazole rings is 1. The molecule has 2 unspecified atom stereocenters. The minimum absolute atomic E-state index is 0.0835. The van der Waals surface area contributed by atoms with Crippen molar-refractivity contribution in [2.24, 2.45) is 13.0 Å². The second-order valence-electron chi connectivity index (χ2n) is 6.02. The minimum Gasteiger partial charge on any atom is -0.339 e. The largest absolute Gasteiger partial charge is 0.339 e. The topological polar surface area (TPSA) is 72.3 Å². The van der Waals surface area contributed by atoms with Crippen molar-refractivity contribution >= 4 is 15.8 Å². The molecule has 21 heavy (non-hydrogen) atoms. The lowest BCUT2D eigenvalue weighted by atomic mass is 9.82. The molecule has 6 nitrogen and oxygen atoms in total. The van der Waals surface area contributed by atoms with Crippen molar-refractivity contribution in [3.8, 4) is 0 Å². The molecule has 0 bridgehead atoms. The third kappa shape index (κ3) is 2.64. The standard InChI is InChI=1S/C14H21N3O3S/c1-16-9-14(15-10-16)21(19,20)17-8-4-6-12(17)11-5-2-3-7-13(11)18/h9-12H,2-8H2,1H3. The van der Waals surface area contributed by atoms with Gasteiger partial charge in [0.15, 0.2) is 5.03 Å². The molecule has 116 valence electrons. The van der Waals surface area contributed by atoms with Crippen molar-refractivity contribution in [3.63, 3.8) is 0 Å². The fourth-order valence-corrected chi connectivity index (χ4v) is 5.22. The van der Waals surface area contributed by atoms with Crippen LogP contribution in [0.3, 0.4) is 0 Å². The molecule has 2 fully saturated rings. The Bertz CT molecular complexity index is 638. The molecule has 3 rings (SSSR count). The first-order valence-electron chi connectivity index (χ1n) is 7.52. The van der Waals surface area contributed by atoms with Gasteiger partial charge in [-0.2, -0.15) is 4.31 Å². The van der Waals surface area contributed by atoms with E-state index in [1.165, 1.54) is 16.8 Å². The van der Waals surface area contributed by atoms with E-state index >= 15 is 0 Å². The molecule has 0 amide bonds. The predicted molar refractivity (Wildman–Crippen MR) is 77.1 cm³/mol. The lowest BCUT2D eigenvalue weighted by Crippen LogP contribution is -2.43. The van der Waals surface area contributed by atoms with Crippen LogP contribution in [0.2, 0.25) is 0 Å². The van der Waals surface area contributed by atoms with E-state index in [1.54, 1.807) is 11.6 Å². The molecular weight excluding hydrogens is 290 g/mol. The molecule has 1 saturated carbocycles. The van der Waals surface area contributed by atoms with Gasteiger partial charge in [0.1, 0.15) is 5.78 Å². The van der Waals surface area contributed by atoms with Gasteiger partial charge >= 0.3 is 0 Å². The van der Waals surface area contributed by atoms with E-state index in [1.807, 2.05) is 0 Å². The molecule has 2 heterocycles. The van der Waals surface area contributed by atoms with Gasteiger partial charge in [0.2, 0.25) is 0 Å². The van der Waals surface area contributed by atoms with E-state index < -0.39 is 10.0 Å². The zero-order valence-corrected chi connectivity index (χ0v) is 13.1. The fourth-order valence-electron chi connectivity index (χ4n) is 3.53. The maximum absolute atomic E-state index is 12.7. The zero-order chi connectivity index (χ0) is 15.0. The highest BCUT2D eigenvalue weighted by molar-refractivity contribution is 7.89. The summed E-state index contributed by atoms with van der Waals surface area (Å²) in [5.41, 5.74) is 0. The van der Waals surface area contributed by atoms with Crippen LogP contribution in [0.5, 0.6) is 0 Å². The molecule has 2 atom stereocenters. The van der Waals surface area contributed by atoms with Crippen LogP contribution in [0.15, 0.2) is 17.6 Å². The number of sulfonamides is 1. The third-order valence-corrected chi connectivity index (χ3v) is 6.38. The second kappa shape index (κ2) is 5.53. The van der Waals surface area contributed by atoms with Crippen LogP contribution < -0.4 is 0 Å². The molecule has 2 aliphatic rings. The number of nitrogens with zero attached hydrogens (tertiary/aromatic N) is 3. The van der Waals surface area contributed by atoms with Gasteiger partial charge in [-0.25, -0.2) is 13.4 Å². The molecular formula is C14H21N3O3S. The van der Waals surface area contributed by atoms with Crippen LogP contribution in [0.4, 0.5) is 0 Å². The maximum atomic E-state index is 12.7. The highest BCUT2D eigenvalue weighted by atomic mass is 32.2. The number of carbonyl (C=O) groups is 1. The Balaban J connectivity index is 1.88. The lowest BCUT2D eigenvalue weighted by Gasteiger charge is -2.31. The van der Waals surface area contributed by atoms with Crippen molar-refractivity contribution in [2.45, 2.75) is 49.6 Å². The first-order chi connectivity index (χ1) is 10.00. The summed E-state index contributed by atoms with van der Waals surface area (Å²) in [6.07, 6.45) is 7.98. The molecule has 0 aromatic carbocycles. The van der Waals surface area contributed by atoms with E-state index in [9.17, 15) is 13.2 Å². The smallest absolute Gasteiger partial charge is 0.262 e. The Morgan fingerprint density at radius 2 is 2.05 bits per heavy atom. The molecule has 1 aromatic rings. The van der Waals surface area contributed by atoms with Crippen LogP contribution in [0.1, 0.15) is 38.5 Å². The van der Waals surface area contributed by atoms with Gasteiger partial charge < -0.3 is 4.57 Å². The number of ketones is 1. The normalized spacial score (nSPS) is 28.1. The number of hydrogen-bond acceptors (Lipinski definition) is 4. The second-order valence-corrected chi connectivity index (χ2v) is 7.86. The fraction of sp³-hybridized carbons (Fsp3) is 0.714. The SMILES string of the molecule is Cn1cnc(S(=O)(=O)N2CCCC2C2CCCCC2=O)c1. The number of hydrogen-bond donors (Lipinski definition) is 0. The van der Waals surface area contributed by atoms with Crippen molar-refractivity contribution in [3.05, 3.63) is 12.5 Å². The predicted octanol–water partition coefficient (Wildman–Crippen LogP) is 1.33. The average Bonchev–Trinajstić information content (AvgIpc) is 3.08. The van der Waals surface area contributed by atoms with Crippen LogP contribution >= 0.6 is 0 Å². The van der Waals surface area contributed by atoms with Crippen molar-refractivity contribution in [1.29, 1.82) is 0 Å². The quantitative estimate of drug-likeness (QED) is 0.844. The Morgan fingerprint density at radius 3 is 2.71 bits per heavy atom. The molecule has 0 radical (unpaired) electrons. The van der Waals surface area contributed by atoms with E-state index in [0.29, 0.717) is 13.0 Å². The van der Waals surface area contributed by atoms with Gasteiger partial charge in [-0.05, 0) is 25.7 Å². The minimum atomic E-state index is -3.59. The van der Waals surface area contributed by atoms with Gasteiger partial charge in [0, 0.05) is 38.2 Å². The summed E-state index contributed by atoms with van der Waals surface area (Å²) >= 11 is 0. The van der Waals surface area contributed by atoms with E-state index in [2.05, 4.69) is 4.98 Å². The van der Waals surface area contributed by atoms with E-state index in [-0.39, 0.29) is 22.8 Å². The number of aromatic nitrogens is 2. The first-order valence-corrected chi connectivity index (χ1v) is 8.96. The molecule has 0 spiro atoms. The van der Waals surface area contributed by atoms with Crippen LogP contribution in [0, 0.1) is 5.92 Å². The first kappa shape index (κ1) is 14.7. The van der Waals surface area contributed by atoms with Crippen LogP contribution in [0.25, 0.3) is 0 Å². The zero-order valence-electron chi connectivity index (χ0n) is 12.2. The number of rotatable bonds is 3. The molecule has 1 aliphatic heterocycles. The maximum Gasteiger partial charge on any atom is 0.262 e. The third-order valence-electron chi connectivity index (χ3n) is 4.57. The van der Waals surface area contributed by atoms with Crippen molar-refractivity contribution < 1.29 is 13.2 Å². The molecule has 7 heteroatoms. The van der Waals surface area contributed by atoms with Crippen molar-refractivity contribution in [1.82, 2.24) is 13.9 Å². The Labute approximate surface area is 125 Å². The highest BCUT2D eigenvalue weighted by Gasteiger charge is 2.43. The van der Waals surface area contributed by atoms with E-state index in [4.69, 9.17) is 0 Å². The van der Waals surface area contributed by atoms with Gasteiger partial charge in [-0.1, -0.05) is 6.42 Å².